The fourth-order valence-electron chi connectivity index (χ4n) is 2.70. The summed E-state index contributed by atoms with van der Waals surface area (Å²) in [5.41, 5.74) is 6.68. The van der Waals surface area contributed by atoms with Gasteiger partial charge < -0.3 is 16.0 Å². The molecule has 2 heterocycles. The molecule has 0 spiro atoms. The number of nitrogens with one attached hydrogen (secondary N) is 1. The first-order valence-corrected chi connectivity index (χ1v) is 7.42. The maximum absolute atomic E-state index is 11.2. The van der Waals surface area contributed by atoms with Crippen LogP contribution in [0.1, 0.15) is 36.7 Å². The number of rotatable bonds is 6. The van der Waals surface area contributed by atoms with Crippen molar-refractivity contribution in [2.75, 3.05) is 31.1 Å². The molecule has 1 aromatic heterocycles. The van der Waals surface area contributed by atoms with Gasteiger partial charge in [0.2, 0.25) is 0 Å². The first kappa shape index (κ1) is 14.8. The van der Waals surface area contributed by atoms with Crippen molar-refractivity contribution >= 4 is 11.6 Å². The molecule has 2 rings (SSSR count). The zero-order valence-electron chi connectivity index (χ0n) is 12.1. The molecule has 110 valence electrons. The van der Waals surface area contributed by atoms with Crippen molar-refractivity contribution in [3.8, 4) is 0 Å². The average molecular weight is 276 g/mol. The molecule has 1 aliphatic heterocycles. The molecule has 3 N–H and O–H groups in total. The number of carbonyl (C=O) groups excluding carboxylic acids is 1. The lowest BCUT2D eigenvalue weighted by atomic mass is 9.97. The maximum Gasteiger partial charge on any atom is 0.267 e. The third kappa shape index (κ3) is 3.93. The van der Waals surface area contributed by atoms with E-state index in [9.17, 15) is 4.79 Å². The number of nitrogens with zero attached hydrogens (tertiary/aromatic N) is 2. The predicted octanol–water partition coefficient (Wildman–Crippen LogP) is 1.40. The van der Waals surface area contributed by atoms with Gasteiger partial charge in [0.05, 0.1) is 0 Å². The zero-order chi connectivity index (χ0) is 14.4. The summed E-state index contributed by atoms with van der Waals surface area (Å²) < 4.78 is 0. The summed E-state index contributed by atoms with van der Waals surface area (Å²) >= 11 is 0. The molecule has 5 heteroatoms. The number of hydrogen-bond acceptors (Lipinski definition) is 4. The van der Waals surface area contributed by atoms with Crippen LogP contribution in [-0.2, 0) is 0 Å². The zero-order valence-corrected chi connectivity index (χ0v) is 12.1. The van der Waals surface area contributed by atoms with Crippen molar-refractivity contribution < 1.29 is 4.79 Å². The molecule has 1 saturated heterocycles. The molecule has 5 nitrogen and oxygen atoms in total. The molecular weight excluding hydrogens is 252 g/mol. The smallest absolute Gasteiger partial charge is 0.267 e. The number of anilines is 1. The van der Waals surface area contributed by atoms with Crippen molar-refractivity contribution in [1.82, 2.24) is 10.3 Å². The largest absolute Gasteiger partial charge is 0.371 e. The fraction of sp³-hybridized carbons (Fsp3) is 0.600. The van der Waals surface area contributed by atoms with Gasteiger partial charge in [-0.2, -0.15) is 0 Å². The van der Waals surface area contributed by atoms with Crippen LogP contribution in [0, 0.1) is 5.92 Å². The van der Waals surface area contributed by atoms with Crippen LogP contribution in [0.4, 0.5) is 5.69 Å². The molecule has 20 heavy (non-hydrogen) atoms. The lowest BCUT2D eigenvalue weighted by Crippen LogP contribution is -2.40. The van der Waals surface area contributed by atoms with E-state index < -0.39 is 5.91 Å². The Balaban J connectivity index is 1.97. The van der Waals surface area contributed by atoms with Crippen LogP contribution in [0.2, 0.25) is 0 Å². The number of amides is 1. The molecule has 0 aliphatic carbocycles. The van der Waals surface area contributed by atoms with Gasteiger partial charge in [-0.25, -0.2) is 0 Å². The summed E-state index contributed by atoms with van der Waals surface area (Å²) in [4.78, 5) is 17.5. The van der Waals surface area contributed by atoms with E-state index in [-0.39, 0.29) is 0 Å². The predicted molar refractivity (Wildman–Crippen MR) is 80.9 cm³/mol. The Hall–Kier alpha value is -1.62. The van der Waals surface area contributed by atoms with Gasteiger partial charge >= 0.3 is 0 Å². The standard InChI is InChI=1S/C15H24N4O/c1-2-6-17-10-12-4-3-8-19(11-12)13-5-7-18-14(9-13)15(16)20/h5,7,9,12,17H,2-4,6,8,10-11H2,1H3,(H2,16,20). The lowest BCUT2D eigenvalue weighted by Gasteiger charge is -2.34. The van der Waals surface area contributed by atoms with E-state index in [4.69, 9.17) is 5.73 Å². The first-order valence-electron chi connectivity index (χ1n) is 7.42. The van der Waals surface area contributed by atoms with Crippen molar-refractivity contribution in [3.63, 3.8) is 0 Å². The Morgan fingerprint density at radius 2 is 2.45 bits per heavy atom. The van der Waals surface area contributed by atoms with E-state index in [0.717, 1.165) is 31.9 Å². The summed E-state index contributed by atoms with van der Waals surface area (Å²) in [6.45, 7) is 6.39. The molecule has 1 aromatic rings. The second-order valence-corrected chi connectivity index (χ2v) is 5.42. The second kappa shape index (κ2) is 7.24. The Morgan fingerprint density at radius 1 is 1.60 bits per heavy atom. The van der Waals surface area contributed by atoms with Gasteiger partial charge in [0.25, 0.3) is 5.91 Å². The van der Waals surface area contributed by atoms with E-state index in [2.05, 4.69) is 22.1 Å². The highest BCUT2D eigenvalue weighted by molar-refractivity contribution is 5.91. The number of carbonyl (C=O) groups is 1. The molecule has 1 amide bonds. The first-order chi connectivity index (χ1) is 9.70. The van der Waals surface area contributed by atoms with Gasteiger partial charge in [0, 0.05) is 25.0 Å². The summed E-state index contributed by atoms with van der Waals surface area (Å²) in [7, 11) is 0. The van der Waals surface area contributed by atoms with E-state index in [1.165, 1.54) is 19.3 Å². The molecule has 0 radical (unpaired) electrons. The van der Waals surface area contributed by atoms with Gasteiger partial charge in [-0.1, -0.05) is 6.92 Å². The second-order valence-electron chi connectivity index (χ2n) is 5.42. The van der Waals surface area contributed by atoms with Crippen LogP contribution in [0.3, 0.4) is 0 Å². The minimum Gasteiger partial charge on any atom is -0.371 e. The minimum atomic E-state index is -0.468. The van der Waals surface area contributed by atoms with Gasteiger partial charge in [-0.15, -0.1) is 0 Å². The maximum atomic E-state index is 11.2. The normalized spacial score (nSPS) is 19.1. The van der Waals surface area contributed by atoms with Gasteiger partial charge in [0.1, 0.15) is 5.69 Å². The third-order valence-corrected chi connectivity index (χ3v) is 3.74. The summed E-state index contributed by atoms with van der Waals surface area (Å²) in [5.74, 6) is 0.200. The van der Waals surface area contributed by atoms with Crippen molar-refractivity contribution in [2.45, 2.75) is 26.2 Å². The van der Waals surface area contributed by atoms with Crippen LogP contribution in [-0.4, -0.2) is 37.1 Å². The highest BCUT2D eigenvalue weighted by Gasteiger charge is 2.20. The molecule has 1 aliphatic rings. The van der Waals surface area contributed by atoms with E-state index in [1.807, 2.05) is 6.07 Å². The average Bonchev–Trinajstić information content (AvgIpc) is 2.48. The van der Waals surface area contributed by atoms with Crippen LogP contribution < -0.4 is 16.0 Å². The van der Waals surface area contributed by atoms with Gasteiger partial charge in [-0.3, -0.25) is 9.78 Å². The van der Waals surface area contributed by atoms with Crippen LogP contribution in [0.25, 0.3) is 0 Å². The summed E-state index contributed by atoms with van der Waals surface area (Å²) in [6, 6.07) is 3.75. The Kier molecular flexibility index (Phi) is 5.35. The molecule has 0 saturated carbocycles. The molecule has 1 fully saturated rings. The van der Waals surface area contributed by atoms with E-state index >= 15 is 0 Å². The van der Waals surface area contributed by atoms with Crippen LogP contribution in [0.5, 0.6) is 0 Å². The van der Waals surface area contributed by atoms with Gasteiger partial charge in [0.15, 0.2) is 0 Å². The van der Waals surface area contributed by atoms with E-state index in [0.29, 0.717) is 11.6 Å². The third-order valence-electron chi connectivity index (χ3n) is 3.74. The van der Waals surface area contributed by atoms with Crippen molar-refractivity contribution in [2.24, 2.45) is 11.7 Å². The lowest BCUT2D eigenvalue weighted by molar-refractivity contribution is 0.0995. The number of piperidine rings is 1. The Morgan fingerprint density at radius 3 is 3.20 bits per heavy atom. The summed E-state index contributed by atoms with van der Waals surface area (Å²) in [5, 5.41) is 3.49. The minimum absolute atomic E-state index is 0.341. The molecule has 1 atom stereocenters. The molecular formula is C15H24N4O. The highest BCUT2D eigenvalue weighted by Crippen LogP contribution is 2.23. The number of nitrogens with two attached hydrogens (primary N) is 1. The number of primary amides is 1. The topological polar surface area (TPSA) is 71.2 Å². The SMILES string of the molecule is CCCNCC1CCCN(c2ccnc(C(N)=O)c2)C1. The fourth-order valence-corrected chi connectivity index (χ4v) is 2.70. The molecule has 0 aromatic carbocycles. The quantitative estimate of drug-likeness (QED) is 0.770. The van der Waals surface area contributed by atoms with Crippen molar-refractivity contribution in [1.29, 1.82) is 0 Å². The molecule has 1 unspecified atom stereocenters. The number of aromatic nitrogens is 1. The van der Waals surface area contributed by atoms with Crippen molar-refractivity contribution in [3.05, 3.63) is 24.0 Å². The number of pyridine rings is 1. The highest BCUT2D eigenvalue weighted by atomic mass is 16.1. The van der Waals surface area contributed by atoms with Crippen LogP contribution in [0.15, 0.2) is 18.3 Å². The monoisotopic (exact) mass is 276 g/mol. The summed E-state index contributed by atoms with van der Waals surface area (Å²) in [6.07, 6.45) is 5.28. The van der Waals surface area contributed by atoms with E-state index in [1.54, 1.807) is 12.3 Å². The Labute approximate surface area is 120 Å². The Bertz CT molecular complexity index is 449. The number of hydrogen-bond donors (Lipinski definition) is 2. The van der Waals surface area contributed by atoms with Crippen LogP contribution >= 0.6 is 0 Å². The molecule has 0 bridgehead atoms. The van der Waals surface area contributed by atoms with Gasteiger partial charge in [-0.05, 0) is 50.4 Å².